The average Bonchev–Trinajstić information content (AvgIpc) is 3.66. The first-order valence-electron chi connectivity index (χ1n) is 15.7. The van der Waals surface area contributed by atoms with Gasteiger partial charge in [0.15, 0.2) is 0 Å². The van der Waals surface area contributed by atoms with Crippen molar-refractivity contribution in [1.82, 2.24) is 9.80 Å². The molecule has 2 aromatic rings. The van der Waals surface area contributed by atoms with Crippen LogP contribution in [0.1, 0.15) is 69.1 Å². The van der Waals surface area contributed by atoms with Crippen LogP contribution in [0, 0.1) is 11.3 Å². The summed E-state index contributed by atoms with van der Waals surface area (Å²) in [7, 11) is 0. The minimum Gasteiger partial charge on any atom is -0.493 e. The van der Waals surface area contributed by atoms with Crippen molar-refractivity contribution in [3.8, 4) is 5.75 Å². The number of nitrogens with two attached hydrogens (primary N) is 1. The van der Waals surface area contributed by atoms with Gasteiger partial charge in [-0.05, 0) is 53.1 Å². The number of rotatable bonds is 12. The second-order valence-corrected chi connectivity index (χ2v) is 13.2. The number of likely N-dealkylation sites (tertiary alicyclic amines) is 2. The van der Waals surface area contributed by atoms with E-state index in [2.05, 4.69) is 31.7 Å². The number of ether oxygens (including phenoxy) is 1. The van der Waals surface area contributed by atoms with Gasteiger partial charge in [-0.15, -0.1) is 0 Å². The number of carboxylic acids is 1. The molecule has 0 aliphatic carbocycles. The number of carboxylic acid groups (broad SMARTS) is 1. The zero-order chi connectivity index (χ0) is 30.7. The van der Waals surface area contributed by atoms with Crippen LogP contribution in [0.15, 0.2) is 42.5 Å². The summed E-state index contributed by atoms with van der Waals surface area (Å²) in [6.45, 7) is 9.57. The SMILES string of the molecule is CCCCN(C(=O)CN1C[C@H](c2ccc3c(c2)CCO3)[C@@H](C(=O)O)[C@@H]1CCN1CC(C)(C)CC1=O)c1cccc(CN)c1. The first-order valence-corrected chi connectivity index (χ1v) is 15.7. The topological polar surface area (TPSA) is 116 Å². The van der Waals surface area contributed by atoms with Crippen LogP contribution in [0.25, 0.3) is 0 Å². The molecular formula is C34H46N4O5. The number of carbonyl (C=O) groups is 3. The lowest BCUT2D eigenvalue weighted by Gasteiger charge is -2.31. The molecule has 9 nitrogen and oxygen atoms in total. The summed E-state index contributed by atoms with van der Waals surface area (Å²) in [5.74, 6) is -0.941. The maximum Gasteiger partial charge on any atom is 0.308 e. The van der Waals surface area contributed by atoms with Gasteiger partial charge in [0.2, 0.25) is 11.8 Å². The van der Waals surface area contributed by atoms with E-state index in [-0.39, 0.29) is 29.7 Å². The molecule has 0 radical (unpaired) electrons. The zero-order valence-electron chi connectivity index (χ0n) is 25.8. The molecule has 0 spiro atoms. The molecule has 2 amide bonds. The molecule has 2 saturated heterocycles. The van der Waals surface area contributed by atoms with Crippen LogP contribution in [0.2, 0.25) is 0 Å². The summed E-state index contributed by atoms with van der Waals surface area (Å²) >= 11 is 0. The normalized spacial score (nSPS) is 22.9. The summed E-state index contributed by atoms with van der Waals surface area (Å²) < 4.78 is 5.70. The monoisotopic (exact) mass is 590 g/mol. The molecular weight excluding hydrogens is 544 g/mol. The lowest BCUT2D eigenvalue weighted by Crippen LogP contribution is -2.45. The Bertz CT molecular complexity index is 1340. The van der Waals surface area contributed by atoms with Crippen LogP contribution in [0.4, 0.5) is 5.69 Å². The molecule has 2 fully saturated rings. The Morgan fingerprint density at radius 3 is 2.70 bits per heavy atom. The quantitative estimate of drug-likeness (QED) is 0.383. The van der Waals surface area contributed by atoms with E-state index in [0.29, 0.717) is 52.2 Å². The molecule has 43 heavy (non-hydrogen) atoms. The van der Waals surface area contributed by atoms with Gasteiger partial charge in [-0.25, -0.2) is 0 Å². The van der Waals surface area contributed by atoms with Gasteiger partial charge in [0.25, 0.3) is 0 Å². The van der Waals surface area contributed by atoms with E-state index in [0.717, 1.165) is 47.4 Å². The number of benzene rings is 2. The van der Waals surface area contributed by atoms with Gasteiger partial charge in [0.1, 0.15) is 5.75 Å². The third kappa shape index (κ3) is 6.88. The van der Waals surface area contributed by atoms with Crippen LogP contribution < -0.4 is 15.4 Å². The molecule has 3 aliphatic heterocycles. The van der Waals surface area contributed by atoms with Crippen molar-refractivity contribution >= 4 is 23.5 Å². The Hall–Kier alpha value is -3.43. The van der Waals surface area contributed by atoms with Crippen molar-refractivity contribution in [2.45, 2.75) is 71.4 Å². The van der Waals surface area contributed by atoms with Gasteiger partial charge < -0.3 is 25.4 Å². The third-order valence-corrected chi connectivity index (χ3v) is 9.30. The van der Waals surface area contributed by atoms with Gasteiger partial charge >= 0.3 is 5.97 Å². The Labute approximate surface area is 255 Å². The molecule has 0 unspecified atom stereocenters. The van der Waals surface area contributed by atoms with E-state index in [4.69, 9.17) is 10.5 Å². The number of fused-ring (bicyclic) bond motifs is 1. The number of carbonyl (C=O) groups excluding carboxylic acids is 2. The maximum absolute atomic E-state index is 14.0. The van der Waals surface area contributed by atoms with Crippen molar-refractivity contribution in [3.05, 3.63) is 59.2 Å². The number of nitrogens with zero attached hydrogens (tertiary/aromatic N) is 3. The van der Waals surface area contributed by atoms with Crippen molar-refractivity contribution < 1.29 is 24.2 Å². The lowest BCUT2D eigenvalue weighted by molar-refractivity contribution is -0.143. The van der Waals surface area contributed by atoms with E-state index in [1.54, 1.807) is 0 Å². The van der Waals surface area contributed by atoms with E-state index in [1.165, 1.54) is 0 Å². The molecule has 3 N–H and O–H groups in total. The van der Waals surface area contributed by atoms with Crippen molar-refractivity contribution in [3.63, 3.8) is 0 Å². The number of hydrogen-bond acceptors (Lipinski definition) is 6. The van der Waals surface area contributed by atoms with Crippen molar-refractivity contribution in [1.29, 1.82) is 0 Å². The van der Waals surface area contributed by atoms with Crippen molar-refractivity contribution in [2.24, 2.45) is 17.1 Å². The van der Waals surface area contributed by atoms with Crippen LogP contribution in [-0.2, 0) is 27.3 Å². The average molecular weight is 591 g/mol. The molecule has 9 heteroatoms. The van der Waals surface area contributed by atoms with Crippen LogP contribution in [0.5, 0.6) is 5.75 Å². The fourth-order valence-electron chi connectivity index (χ4n) is 7.13. The first kappa shape index (κ1) is 31.0. The highest BCUT2D eigenvalue weighted by molar-refractivity contribution is 5.95. The van der Waals surface area contributed by atoms with Gasteiger partial charge in [0, 0.05) is 63.2 Å². The highest BCUT2D eigenvalue weighted by atomic mass is 16.5. The minimum absolute atomic E-state index is 0.0573. The predicted octanol–water partition coefficient (Wildman–Crippen LogP) is 4.03. The molecule has 232 valence electrons. The van der Waals surface area contributed by atoms with Gasteiger partial charge in [-0.3, -0.25) is 19.3 Å². The van der Waals surface area contributed by atoms with E-state index >= 15 is 0 Å². The summed E-state index contributed by atoms with van der Waals surface area (Å²) in [5.41, 5.74) is 9.64. The molecule has 0 saturated carbocycles. The Kier molecular flexibility index (Phi) is 9.42. The Morgan fingerprint density at radius 1 is 1.19 bits per heavy atom. The van der Waals surface area contributed by atoms with Gasteiger partial charge in [0.05, 0.1) is 19.1 Å². The molecule has 0 aromatic heterocycles. The molecule has 3 aliphatic rings. The summed E-state index contributed by atoms with van der Waals surface area (Å²) in [6.07, 6.45) is 3.59. The van der Waals surface area contributed by atoms with Gasteiger partial charge in [-0.1, -0.05) is 51.5 Å². The number of hydrogen-bond donors (Lipinski definition) is 2. The summed E-state index contributed by atoms with van der Waals surface area (Å²) in [6, 6.07) is 13.4. The van der Waals surface area contributed by atoms with Crippen LogP contribution in [-0.4, -0.2) is 78.1 Å². The van der Waals surface area contributed by atoms with E-state index in [1.807, 2.05) is 46.2 Å². The fraction of sp³-hybridized carbons (Fsp3) is 0.559. The fourth-order valence-corrected chi connectivity index (χ4v) is 7.13. The molecule has 5 rings (SSSR count). The third-order valence-electron chi connectivity index (χ3n) is 9.30. The highest BCUT2D eigenvalue weighted by Crippen LogP contribution is 2.41. The second-order valence-electron chi connectivity index (χ2n) is 13.2. The smallest absolute Gasteiger partial charge is 0.308 e. The van der Waals surface area contributed by atoms with E-state index < -0.39 is 17.9 Å². The largest absolute Gasteiger partial charge is 0.493 e. The second kappa shape index (κ2) is 13.1. The van der Waals surface area contributed by atoms with Crippen LogP contribution in [0.3, 0.4) is 0 Å². The molecule has 2 aromatic carbocycles. The molecule has 3 heterocycles. The zero-order valence-corrected chi connectivity index (χ0v) is 25.8. The minimum atomic E-state index is -0.867. The number of aliphatic carboxylic acids is 1. The number of amides is 2. The van der Waals surface area contributed by atoms with Gasteiger partial charge in [-0.2, -0.15) is 0 Å². The summed E-state index contributed by atoms with van der Waals surface area (Å²) in [4.78, 5) is 45.5. The predicted molar refractivity (Wildman–Crippen MR) is 166 cm³/mol. The highest BCUT2D eigenvalue weighted by Gasteiger charge is 2.48. The number of unbranched alkanes of at least 4 members (excludes halogenated alkanes) is 1. The van der Waals surface area contributed by atoms with Crippen molar-refractivity contribution in [2.75, 3.05) is 44.2 Å². The Balaban J connectivity index is 1.43. The maximum atomic E-state index is 14.0. The van der Waals surface area contributed by atoms with Crippen LogP contribution >= 0.6 is 0 Å². The molecule has 0 bridgehead atoms. The first-order chi connectivity index (χ1) is 20.6. The standard InChI is InChI=1S/C34H46N4O5/c1-4-5-13-38(26-8-6-7-23(16-26)19-35)31(40)21-37-20-27(24-9-10-29-25(17-24)12-15-43-29)32(33(41)42)28(37)11-14-36-22-34(2,3)18-30(36)39/h6-10,16-17,27-28,32H,4-5,11-15,18-22,35H2,1-3H3,(H,41,42)/t27-,28+,32-/m1/s1. The summed E-state index contributed by atoms with van der Waals surface area (Å²) in [5, 5.41) is 10.6. The number of anilines is 1. The Morgan fingerprint density at radius 2 is 2.00 bits per heavy atom. The lowest BCUT2D eigenvalue weighted by atomic mass is 9.83. The molecule has 3 atom stereocenters. The van der Waals surface area contributed by atoms with E-state index in [9.17, 15) is 19.5 Å².